The molecule has 0 radical (unpaired) electrons. The van der Waals surface area contributed by atoms with Crippen molar-refractivity contribution in [2.24, 2.45) is 0 Å². The number of aromatic hydroxyl groups is 1. The van der Waals surface area contributed by atoms with Crippen molar-refractivity contribution in [3.05, 3.63) is 33.9 Å². The highest BCUT2D eigenvalue weighted by molar-refractivity contribution is 8.00. The van der Waals surface area contributed by atoms with Crippen LogP contribution >= 0.6 is 11.8 Å². The lowest BCUT2D eigenvalue weighted by Gasteiger charge is -2.22. The molecule has 1 saturated heterocycles. The molecule has 1 amide bonds. The first-order chi connectivity index (χ1) is 9.80. The Kier molecular flexibility index (Phi) is 4.41. The third-order valence-corrected chi connectivity index (χ3v) is 4.90. The minimum atomic E-state index is -0.594. The van der Waals surface area contributed by atoms with Crippen LogP contribution in [0.25, 0.3) is 0 Å². The van der Waals surface area contributed by atoms with Gasteiger partial charge < -0.3 is 10.0 Å². The summed E-state index contributed by atoms with van der Waals surface area (Å²) >= 11 is 1.79. The zero-order valence-electron chi connectivity index (χ0n) is 12.0. The van der Waals surface area contributed by atoms with Crippen LogP contribution in [-0.2, 0) is 0 Å². The van der Waals surface area contributed by atoms with Crippen LogP contribution in [0.4, 0.5) is 5.69 Å². The number of nitro groups is 1. The summed E-state index contributed by atoms with van der Waals surface area (Å²) in [5.41, 5.74) is -0.321. The van der Waals surface area contributed by atoms with Crippen molar-refractivity contribution in [3.63, 3.8) is 0 Å². The normalized spacial score (nSPS) is 18.1. The third-order valence-electron chi connectivity index (χ3n) is 3.53. The lowest BCUT2D eigenvalue weighted by atomic mass is 10.1. The van der Waals surface area contributed by atoms with Crippen molar-refractivity contribution in [1.82, 2.24) is 4.90 Å². The van der Waals surface area contributed by atoms with E-state index in [1.54, 1.807) is 16.7 Å². The van der Waals surface area contributed by atoms with Crippen LogP contribution < -0.4 is 0 Å². The number of nitro benzene ring substituents is 1. The molecule has 0 saturated carbocycles. The number of hydrogen-bond donors (Lipinski definition) is 1. The Bertz CT molecular complexity index is 574. The molecule has 1 fully saturated rings. The molecule has 1 heterocycles. The van der Waals surface area contributed by atoms with Crippen LogP contribution in [0.3, 0.4) is 0 Å². The lowest BCUT2D eigenvalue weighted by Crippen LogP contribution is -2.34. The van der Waals surface area contributed by atoms with Gasteiger partial charge in [0, 0.05) is 29.7 Å². The highest BCUT2D eigenvalue weighted by Crippen LogP contribution is 2.32. The fraction of sp³-hybridized carbons (Fsp3) is 0.500. The van der Waals surface area contributed by atoms with Gasteiger partial charge in [0.05, 0.1) is 4.92 Å². The second kappa shape index (κ2) is 5.93. The highest BCUT2D eigenvalue weighted by atomic mass is 32.2. The van der Waals surface area contributed by atoms with Crippen molar-refractivity contribution in [2.45, 2.75) is 25.0 Å². The van der Waals surface area contributed by atoms with Gasteiger partial charge in [0.1, 0.15) is 11.3 Å². The molecule has 0 spiro atoms. The maximum atomic E-state index is 12.5. The van der Waals surface area contributed by atoms with Gasteiger partial charge in [-0.25, -0.2) is 0 Å². The van der Waals surface area contributed by atoms with Crippen molar-refractivity contribution < 1.29 is 14.8 Å². The third kappa shape index (κ3) is 3.66. The molecule has 1 aromatic carbocycles. The number of nitrogens with zero attached hydrogens (tertiary/aromatic N) is 2. The maximum Gasteiger partial charge on any atom is 0.282 e. The smallest absolute Gasteiger partial charge is 0.282 e. The summed E-state index contributed by atoms with van der Waals surface area (Å²) in [4.78, 5) is 24.6. The first-order valence-electron chi connectivity index (χ1n) is 6.71. The summed E-state index contributed by atoms with van der Waals surface area (Å²) in [5.74, 6) is 0.259. The quantitative estimate of drug-likeness (QED) is 0.670. The lowest BCUT2D eigenvalue weighted by molar-refractivity contribution is -0.385. The van der Waals surface area contributed by atoms with Gasteiger partial charge in [-0.05, 0) is 18.6 Å². The van der Waals surface area contributed by atoms with Crippen molar-refractivity contribution in [1.29, 1.82) is 0 Å². The molecule has 2 rings (SSSR count). The monoisotopic (exact) mass is 310 g/mol. The summed E-state index contributed by atoms with van der Waals surface area (Å²) in [7, 11) is 0. The van der Waals surface area contributed by atoms with Gasteiger partial charge in [0.2, 0.25) is 0 Å². The first-order valence-corrected chi connectivity index (χ1v) is 7.69. The van der Waals surface area contributed by atoms with Crippen molar-refractivity contribution in [2.75, 3.05) is 18.8 Å². The Morgan fingerprint density at radius 1 is 1.43 bits per heavy atom. The second-order valence-corrected chi connectivity index (χ2v) is 7.41. The van der Waals surface area contributed by atoms with E-state index in [1.807, 2.05) is 0 Å². The number of thioether (sulfide) groups is 1. The molecule has 21 heavy (non-hydrogen) atoms. The van der Waals surface area contributed by atoms with E-state index in [0.717, 1.165) is 12.2 Å². The Hall–Kier alpha value is -1.76. The first kappa shape index (κ1) is 15.6. The standard InChI is InChI=1S/C14H18N2O4S/c1-14(2)5-6-15(7-8-21-14)13(18)11-9-10(17)3-4-12(11)16(19)20/h3-4,9,17H,5-8H2,1-2H3. The molecule has 0 aromatic heterocycles. The van der Waals surface area contributed by atoms with E-state index >= 15 is 0 Å². The van der Waals surface area contributed by atoms with Crippen molar-refractivity contribution >= 4 is 23.4 Å². The fourth-order valence-corrected chi connectivity index (χ4v) is 3.35. The van der Waals surface area contributed by atoms with Crippen LogP contribution in [0.15, 0.2) is 18.2 Å². The maximum absolute atomic E-state index is 12.5. The van der Waals surface area contributed by atoms with Gasteiger partial charge in [0.15, 0.2) is 0 Å². The van der Waals surface area contributed by atoms with Gasteiger partial charge in [-0.1, -0.05) is 13.8 Å². The second-order valence-electron chi connectivity index (χ2n) is 5.61. The summed E-state index contributed by atoms with van der Waals surface area (Å²) in [5, 5.41) is 20.5. The minimum Gasteiger partial charge on any atom is -0.508 e. The molecule has 1 N–H and O–H groups in total. The summed E-state index contributed by atoms with van der Waals surface area (Å²) in [6.07, 6.45) is 0.829. The number of rotatable bonds is 2. The van der Waals surface area contributed by atoms with Gasteiger partial charge in [-0.15, -0.1) is 0 Å². The van der Waals surface area contributed by atoms with Gasteiger partial charge in [-0.2, -0.15) is 11.8 Å². The Balaban J connectivity index is 2.27. The zero-order chi connectivity index (χ0) is 15.6. The predicted molar refractivity (Wildman–Crippen MR) is 81.8 cm³/mol. The number of benzene rings is 1. The molecule has 1 aliphatic rings. The predicted octanol–water partition coefficient (Wildman–Crippen LogP) is 2.66. The van der Waals surface area contributed by atoms with Gasteiger partial charge in [-0.3, -0.25) is 14.9 Å². The summed E-state index contributed by atoms with van der Waals surface area (Å²) in [6.45, 7) is 5.37. The fourth-order valence-electron chi connectivity index (χ4n) is 2.25. The Labute approximate surface area is 127 Å². The van der Waals surface area contributed by atoms with Crippen molar-refractivity contribution in [3.8, 4) is 5.75 Å². The van der Waals surface area contributed by atoms with Crippen LogP contribution in [0.2, 0.25) is 0 Å². The molecule has 6 nitrogen and oxygen atoms in total. The van der Waals surface area contributed by atoms with E-state index in [9.17, 15) is 20.0 Å². The molecule has 1 aromatic rings. The number of phenols is 1. The number of amides is 1. The molecule has 0 bridgehead atoms. The van der Waals surface area contributed by atoms with Crippen LogP contribution in [0.5, 0.6) is 5.75 Å². The summed E-state index contributed by atoms with van der Waals surface area (Å²) in [6, 6.07) is 3.55. The minimum absolute atomic E-state index is 0.0512. The molecular formula is C14H18N2O4S. The number of hydrogen-bond acceptors (Lipinski definition) is 5. The topological polar surface area (TPSA) is 83.7 Å². The molecule has 0 unspecified atom stereocenters. The van der Waals surface area contributed by atoms with E-state index in [2.05, 4.69) is 13.8 Å². The number of carbonyl (C=O) groups excluding carboxylic acids is 1. The molecule has 7 heteroatoms. The van der Waals surface area contributed by atoms with E-state index in [0.29, 0.717) is 13.1 Å². The molecule has 1 aliphatic heterocycles. The average Bonchev–Trinajstić information content (AvgIpc) is 2.58. The Morgan fingerprint density at radius 3 is 2.81 bits per heavy atom. The zero-order valence-corrected chi connectivity index (χ0v) is 12.9. The van der Waals surface area contributed by atoms with E-state index < -0.39 is 10.8 Å². The summed E-state index contributed by atoms with van der Waals surface area (Å²) < 4.78 is 0.0970. The number of phenolic OH excluding ortho intramolecular Hbond substituents is 1. The molecule has 0 aliphatic carbocycles. The van der Waals surface area contributed by atoms with Crippen LogP contribution in [0, 0.1) is 10.1 Å². The van der Waals surface area contributed by atoms with Crippen LogP contribution in [0.1, 0.15) is 30.6 Å². The average molecular weight is 310 g/mol. The van der Waals surface area contributed by atoms with Gasteiger partial charge >= 0.3 is 0 Å². The Morgan fingerprint density at radius 2 is 2.14 bits per heavy atom. The molecule has 0 atom stereocenters. The van der Waals surface area contributed by atoms with E-state index in [-0.39, 0.29) is 21.7 Å². The number of carbonyl (C=O) groups is 1. The van der Waals surface area contributed by atoms with E-state index in [1.165, 1.54) is 18.2 Å². The molecular weight excluding hydrogens is 292 g/mol. The van der Waals surface area contributed by atoms with Gasteiger partial charge in [0.25, 0.3) is 11.6 Å². The van der Waals surface area contributed by atoms with E-state index in [4.69, 9.17) is 0 Å². The molecule has 114 valence electrons. The SMILES string of the molecule is CC1(C)CCN(C(=O)c2cc(O)ccc2[N+](=O)[O-])CCS1. The largest absolute Gasteiger partial charge is 0.508 e. The van der Waals surface area contributed by atoms with Crippen LogP contribution in [-0.4, -0.2) is 44.4 Å². The highest BCUT2D eigenvalue weighted by Gasteiger charge is 2.29.